The van der Waals surface area contributed by atoms with Crippen molar-refractivity contribution >= 4 is 34.4 Å². The van der Waals surface area contributed by atoms with Crippen molar-refractivity contribution in [1.29, 1.82) is 0 Å². The van der Waals surface area contributed by atoms with E-state index in [1.54, 1.807) is 12.1 Å². The minimum Gasteiger partial charge on any atom is -0.772 e. The van der Waals surface area contributed by atoms with Gasteiger partial charge in [0.25, 0.3) is 0 Å². The monoisotopic (exact) mass is 418 g/mol. The Balaban J connectivity index is 1.87. The van der Waals surface area contributed by atoms with Crippen LogP contribution in [0.2, 0.25) is 0 Å². The molecule has 0 saturated carbocycles. The summed E-state index contributed by atoms with van der Waals surface area (Å²) in [5.74, 6) is 0.722. The van der Waals surface area contributed by atoms with E-state index in [2.05, 4.69) is 5.32 Å². The number of para-hydroxylation sites is 1. The maximum atomic E-state index is 12.2. The molecule has 1 heterocycles. The first kappa shape index (κ1) is 20.1. The highest BCUT2D eigenvalue weighted by molar-refractivity contribution is 7.78. The molecule has 1 aliphatic heterocycles. The molecule has 2 atom stereocenters. The quantitative estimate of drug-likeness (QED) is 0.476. The Hall–Kier alpha value is -3.22. The molecule has 2 unspecified atom stereocenters. The minimum absolute atomic E-state index is 0.0433. The van der Waals surface area contributed by atoms with Crippen molar-refractivity contribution < 1.29 is 18.3 Å². The lowest BCUT2D eigenvalue weighted by Crippen LogP contribution is -2.15. The fourth-order valence-electron chi connectivity index (χ4n) is 3.66. The van der Waals surface area contributed by atoms with E-state index < -0.39 is 17.0 Å². The van der Waals surface area contributed by atoms with Crippen LogP contribution in [0.15, 0.2) is 72.8 Å². The summed E-state index contributed by atoms with van der Waals surface area (Å²) in [5, 5.41) is 3.10. The zero-order valence-electron chi connectivity index (χ0n) is 16.3. The number of carbonyl (C=O) groups excluding carboxylic acids is 1. The number of fused-ring (bicyclic) bond motifs is 1. The van der Waals surface area contributed by atoms with Crippen molar-refractivity contribution in [2.45, 2.75) is 11.7 Å². The Morgan fingerprint density at radius 1 is 1.00 bits per heavy atom. The molecule has 0 bridgehead atoms. The zero-order chi connectivity index (χ0) is 21.1. The van der Waals surface area contributed by atoms with Gasteiger partial charge in [-0.1, -0.05) is 65.7 Å². The Kier molecular flexibility index (Phi) is 5.79. The molecule has 0 saturated heterocycles. The van der Waals surface area contributed by atoms with Gasteiger partial charge in [-0.25, -0.2) is 0 Å². The van der Waals surface area contributed by atoms with E-state index in [-0.39, 0.29) is 5.75 Å². The van der Waals surface area contributed by atoms with Crippen LogP contribution in [0.25, 0.3) is 11.3 Å². The smallest absolute Gasteiger partial charge is 0.139 e. The third-order valence-corrected chi connectivity index (χ3v) is 5.71. The molecule has 4 rings (SSSR count). The molecule has 1 N–H and O–H groups in total. The number of benzene rings is 3. The Bertz CT molecular complexity index is 1120. The highest BCUT2D eigenvalue weighted by Crippen LogP contribution is 2.45. The maximum absolute atomic E-state index is 12.2. The highest BCUT2D eigenvalue weighted by atomic mass is 32.2. The van der Waals surface area contributed by atoms with Crippen LogP contribution < -0.4 is 10.1 Å². The molecular formula is C24H20NO4S-. The van der Waals surface area contributed by atoms with Crippen molar-refractivity contribution in [3.8, 4) is 5.75 Å². The average molecular weight is 418 g/mol. The molecule has 0 aromatic heterocycles. The van der Waals surface area contributed by atoms with Gasteiger partial charge in [0, 0.05) is 35.2 Å². The van der Waals surface area contributed by atoms with Gasteiger partial charge in [-0.3, -0.25) is 4.21 Å². The number of nitrogens with one attached hydrogen (secondary N) is 1. The van der Waals surface area contributed by atoms with Crippen LogP contribution in [0.5, 0.6) is 5.75 Å². The summed E-state index contributed by atoms with van der Waals surface area (Å²) in [6.07, 6.45) is 0.942. The summed E-state index contributed by atoms with van der Waals surface area (Å²) in [4.78, 5) is 12.2. The molecule has 30 heavy (non-hydrogen) atoms. The van der Waals surface area contributed by atoms with Crippen LogP contribution in [-0.2, 0) is 21.6 Å². The summed E-state index contributed by atoms with van der Waals surface area (Å²) in [5.41, 5.74) is 4.94. The van der Waals surface area contributed by atoms with Crippen LogP contribution >= 0.6 is 0 Å². The van der Waals surface area contributed by atoms with Crippen LogP contribution in [0.4, 0.5) is 5.69 Å². The first-order chi connectivity index (χ1) is 14.6. The van der Waals surface area contributed by atoms with Gasteiger partial charge < -0.3 is 19.4 Å². The zero-order valence-corrected chi connectivity index (χ0v) is 17.1. The van der Waals surface area contributed by atoms with Crippen molar-refractivity contribution in [2.24, 2.45) is 0 Å². The third-order valence-electron chi connectivity index (χ3n) is 5.14. The standard InChI is InChI=1S/C24H21NO4S/c1-25-19-12-10-17(11-13-19)23-21(14-26)20-4-2-3-5-22(20)29-24(23)18-8-6-16(7-9-18)15-30(27)28/h2-14,21,25H,15H2,1H3,(H,27,28)/p-1. The minimum atomic E-state index is -2.15. The maximum Gasteiger partial charge on any atom is 0.139 e. The van der Waals surface area contributed by atoms with Crippen molar-refractivity contribution in [3.63, 3.8) is 0 Å². The number of rotatable bonds is 6. The normalized spacial score (nSPS) is 16.4. The second-order valence-electron chi connectivity index (χ2n) is 6.97. The Labute approximate surface area is 177 Å². The van der Waals surface area contributed by atoms with Gasteiger partial charge in [0.05, 0.1) is 5.92 Å². The third kappa shape index (κ3) is 3.92. The Morgan fingerprint density at radius 3 is 2.30 bits per heavy atom. The first-order valence-corrected chi connectivity index (χ1v) is 10.7. The molecule has 0 spiro atoms. The molecule has 3 aromatic carbocycles. The second-order valence-corrected chi connectivity index (χ2v) is 7.86. The first-order valence-electron chi connectivity index (χ1n) is 9.50. The fourth-order valence-corrected chi connectivity index (χ4v) is 4.13. The Morgan fingerprint density at radius 2 is 1.67 bits per heavy atom. The number of ether oxygens (including phenoxy) is 1. The number of hydrogen-bond donors (Lipinski definition) is 1. The molecule has 0 aliphatic carbocycles. The van der Waals surface area contributed by atoms with Crippen molar-refractivity contribution in [3.05, 3.63) is 95.1 Å². The lowest BCUT2D eigenvalue weighted by Gasteiger charge is -2.28. The van der Waals surface area contributed by atoms with Gasteiger partial charge >= 0.3 is 0 Å². The molecule has 6 heteroatoms. The topological polar surface area (TPSA) is 78.5 Å². The summed E-state index contributed by atoms with van der Waals surface area (Å²) in [6, 6.07) is 22.5. The number of anilines is 1. The second kappa shape index (κ2) is 8.65. The molecule has 3 aromatic rings. The van der Waals surface area contributed by atoms with E-state index in [9.17, 15) is 13.6 Å². The summed E-state index contributed by atoms with van der Waals surface area (Å²) < 4.78 is 28.2. The molecule has 0 fully saturated rings. The largest absolute Gasteiger partial charge is 0.772 e. The molecule has 0 amide bonds. The van der Waals surface area contributed by atoms with Crippen molar-refractivity contribution in [2.75, 3.05) is 12.4 Å². The van der Waals surface area contributed by atoms with Gasteiger partial charge in [0.1, 0.15) is 17.8 Å². The molecular weight excluding hydrogens is 398 g/mol. The van der Waals surface area contributed by atoms with Gasteiger partial charge in [0.2, 0.25) is 0 Å². The molecule has 1 aliphatic rings. The lowest BCUT2D eigenvalue weighted by atomic mass is 9.83. The highest BCUT2D eigenvalue weighted by Gasteiger charge is 2.31. The van der Waals surface area contributed by atoms with E-state index in [4.69, 9.17) is 4.74 Å². The van der Waals surface area contributed by atoms with E-state index in [0.29, 0.717) is 17.1 Å². The van der Waals surface area contributed by atoms with Gasteiger partial charge in [-0.2, -0.15) is 0 Å². The van der Waals surface area contributed by atoms with Gasteiger partial charge in [-0.05, 0) is 29.3 Å². The van der Waals surface area contributed by atoms with Crippen LogP contribution in [0.1, 0.15) is 28.2 Å². The predicted octanol–water partition coefficient (Wildman–Crippen LogP) is 4.35. The summed E-state index contributed by atoms with van der Waals surface area (Å²) in [6.45, 7) is 0. The van der Waals surface area contributed by atoms with E-state index in [1.165, 1.54) is 0 Å². The summed E-state index contributed by atoms with van der Waals surface area (Å²) >= 11 is -2.15. The van der Waals surface area contributed by atoms with E-state index in [1.807, 2.05) is 67.7 Å². The summed E-state index contributed by atoms with van der Waals surface area (Å²) in [7, 11) is 1.85. The van der Waals surface area contributed by atoms with E-state index in [0.717, 1.165) is 34.2 Å². The van der Waals surface area contributed by atoms with Crippen LogP contribution in [0.3, 0.4) is 0 Å². The van der Waals surface area contributed by atoms with Crippen LogP contribution in [0, 0.1) is 0 Å². The number of carbonyl (C=O) groups is 1. The number of aldehydes is 1. The molecule has 5 nitrogen and oxygen atoms in total. The fraction of sp³-hybridized carbons (Fsp3) is 0.125. The van der Waals surface area contributed by atoms with E-state index >= 15 is 0 Å². The lowest BCUT2D eigenvalue weighted by molar-refractivity contribution is -0.108. The SMILES string of the molecule is CNc1ccc(C2=C(c3ccc(CS(=O)[O-])cc3)Oc3ccccc3C2C=O)cc1. The van der Waals surface area contributed by atoms with Crippen LogP contribution in [-0.4, -0.2) is 22.1 Å². The van der Waals surface area contributed by atoms with Gasteiger partial charge in [0.15, 0.2) is 0 Å². The molecule has 152 valence electrons. The average Bonchev–Trinajstić information content (AvgIpc) is 2.78. The van der Waals surface area contributed by atoms with Crippen molar-refractivity contribution in [1.82, 2.24) is 0 Å². The van der Waals surface area contributed by atoms with Gasteiger partial charge in [-0.15, -0.1) is 0 Å². The predicted molar refractivity (Wildman–Crippen MR) is 118 cm³/mol. The molecule has 0 radical (unpaired) electrons. The number of hydrogen-bond acceptors (Lipinski definition) is 5. The number of allylic oxidation sites excluding steroid dienone is 1.